The highest BCUT2D eigenvalue weighted by atomic mass is 32.1. The van der Waals surface area contributed by atoms with Crippen molar-refractivity contribution in [1.82, 2.24) is 4.90 Å². The molecule has 1 saturated heterocycles. The Hall–Kier alpha value is -1.95. The van der Waals surface area contributed by atoms with Gasteiger partial charge in [0.2, 0.25) is 5.91 Å². The van der Waals surface area contributed by atoms with Crippen LogP contribution < -0.4 is 4.90 Å². The van der Waals surface area contributed by atoms with Gasteiger partial charge in [-0.3, -0.25) is 4.79 Å². The smallest absolute Gasteiger partial charge is 0.228 e. The molecule has 0 radical (unpaired) electrons. The van der Waals surface area contributed by atoms with Gasteiger partial charge in [-0.1, -0.05) is 40.2 Å². The third kappa shape index (κ3) is 5.51. The summed E-state index contributed by atoms with van der Waals surface area (Å²) in [7, 11) is 0. The predicted molar refractivity (Wildman–Crippen MR) is 129 cm³/mol. The van der Waals surface area contributed by atoms with E-state index in [2.05, 4.69) is 44.0 Å². The van der Waals surface area contributed by atoms with Crippen molar-refractivity contribution in [2.45, 2.75) is 59.3 Å². The summed E-state index contributed by atoms with van der Waals surface area (Å²) >= 11 is 1.67. The van der Waals surface area contributed by atoms with Gasteiger partial charge < -0.3 is 9.80 Å². The normalized spacial score (nSPS) is 19.4. The van der Waals surface area contributed by atoms with Crippen LogP contribution in [0.15, 0.2) is 29.6 Å². The third-order valence-corrected chi connectivity index (χ3v) is 7.80. The van der Waals surface area contributed by atoms with Gasteiger partial charge in [0.05, 0.1) is 10.9 Å². The molecular formula is C26H36F2N2OS. The Balaban J connectivity index is 1.91. The van der Waals surface area contributed by atoms with Crippen LogP contribution in [0.4, 0.5) is 13.8 Å². The maximum atomic E-state index is 14.8. The molecule has 0 bridgehead atoms. The minimum Gasteiger partial charge on any atom is -0.362 e. The summed E-state index contributed by atoms with van der Waals surface area (Å²) in [5.41, 5.74) is 1.70. The number of amides is 1. The van der Waals surface area contributed by atoms with Crippen molar-refractivity contribution in [3.05, 3.63) is 52.4 Å². The van der Waals surface area contributed by atoms with Gasteiger partial charge in [0.15, 0.2) is 0 Å². The standard InChI is InChI=1S/C26H36F2N2OS/c1-5-12-29(13-10-18(4)6-2)25(31)23-17-30(26-19(7-3)11-14-32-26)16-22(23)21-9-8-20(27)15-24(21)28/h8-9,11,14-15,18,22-23H,5-7,10,12-13,16-17H2,1-4H3/t18?,22-,23?/m0/s1. The van der Waals surface area contributed by atoms with Crippen molar-refractivity contribution in [3.63, 3.8) is 0 Å². The minimum atomic E-state index is -0.586. The maximum Gasteiger partial charge on any atom is 0.228 e. The molecule has 3 nitrogen and oxygen atoms in total. The number of carbonyl (C=O) groups is 1. The summed E-state index contributed by atoms with van der Waals surface area (Å²) in [4.78, 5) is 18.0. The lowest BCUT2D eigenvalue weighted by molar-refractivity contribution is -0.135. The Bertz CT molecular complexity index is 900. The SMILES string of the molecule is CCCN(CCC(C)CC)C(=O)C1CN(c2sccc2CC)C[C@H]1c1ccc(F)cc1F. The van der Waals surface area contributed by atoms with E-state index in [-0.39, 0.29) is 17.7 Å². The van der Waals surface area contributed by atoms with Gasteiger partial charge in [0.25, 0.3) is 0 Å². The number of hydrogen-bond acceptors (Lipinski definition) is 3. The van der Waals surface area contributed by atoms with Crippen molar-refractivity contribution in [3.8, 4) is 0 Å². The molecule has 2 unspecified atom stereocenters. The van der Waals surface area contributed by atoms with E-state index in [1.165, 1.54) is 17.7 Å². The topological polar surface area (TPSA) is 23.6 Å². The first-order chi connectivity index (χ1) is 15.4. The van der Waals surface area contributed by atoms with E-state index in [9.17, 15) is 13.6 Å². The highest BCUT2D eigenvalue weighted by Crippen LogP contribution is 2.40. The zero-order valence-corrected chi connectivity index (χ0v) is 20.6. The Morgan fingerprint density at radius 2 is 1.97 bits per heavy atom. The van der Waals surface area contributed by atoms with Crippen LogP contribution in [-0.4, -0.2) is 37.0 Å². The first-order valence-corrected chi connectivity index (χ1v) is 12.8. The zero-order valence-electron chi connectivity index (χ0n) is 19.7. The molecule has 1 amide bonds. The Morgan fingerprint density at radius 1 is 1.19 bits per heavy atom. The molecule has 1 aliphatic rings. The van der Waals surface area contributed by atoms with Crippen molar-refractivity contribution in [2.75, 3.05) is 31.1 Å². The van der Waals surface area contributed by atoms with Crippen molar-refractivity contribution < 1.29 is 13.6 Å². The van der Waals surface area contributed by atoms with Crippen molar-refractivity contribution >= 4 is 22.2 Å². The molecule has 0 N–H and O–H groups in total. The molecule has 3 atom stereocenters. The van der Waals surface area contributed by atoms with E-state index in [1.807, 2.05) is 4.90 Å². The second-order valence-corrected chi connectivity index (χ2v) is 9.91. The van der Waals surface area contributed by atoms with Gasteiger partial charge in [0.1, 0.15) is 11.6 Å². The predicted octanol–water partition coefficient (Wildman–Crippen LogP) is 6.48. The van der Waals surface area contributed by atoms with Crippen LogP contribution in [0.3, 0.4) is 0 Å². The van der Waals surface area contributed by atoms with Crippen LogP contribution in [0, 0.1) is 23.5 Å². The largest absolute Gasteiger partial charge is 0.362 e. The molecule has 0 saturated carbocycles. The van der Waals surface area contributed by atoms with Gasteiger partial charge in [-0.05, 0) is 53.8 Å². The highest BCUT2D eigenvalue weighted by molar-refractivity contribution is 7.14. The lowest BCUT2D eigenvalue weighted by atomic mass is 9.87. The van der Waals surface area contributed by atoms with Crippen LogP contribution in [0.2, 0.25) is 0 Å². The molecule has 2 heterocycles. The number of anilines is 1. The summed E-state index contributed by atoms with van der Waals surface area (Å²) in [6.07, 6.45) is 3.87. The molecule has 3 rings (SSSR count). The van der Waals surface area contributed by atoms with E-state index < -0.39 is 11.6 Å². The first-order valence-electron chi connectivity index (χ1n) is 11.9. The summed E-state index contributed by atoms with van der Waals surface area (Å²) < 4.78 is 28.4. The molecule has 1 fully saturated rings. The summed E-state index contributed by atoms with van der Waals surface area (Å²) in [5.74, 6) is -1.12. The average molecular weight is 463 g/mol. The number of aryl methyl sites for hydroxylation is 1. The summed E-state index contributed by atoms with van der Waals surface area (Å²) in [6.45, 7) is 11.2. The molecule has 6 heteroatoms. The van der Waals surface area contributed by atoms with Gasteiger partial charge in [-0.15, -0.1) is 11.3 Å². The highest BCUT2D eigenvalue weighted by Gasteiger charge is 2.42. The fourth-order valence-corrected chi connectivity index (χ4v) is 5.65. The van der Waals surface area contributed by atoms with Gasteiger partial charge in [-0.2, -0.15) is 0 Å². The van der Waals surface area contributed by atoms with E-state index in [4.69, 9.17) is 0 Å². The number of halogens is 2. The molecule has 0 aliphatic carbocycles. The van der Waals surface area contributed by atoms with E-state index >= 15 is 0 Å². The van der Waals surface area contributed by atoms with Crippen LogP contribution >= 0.6 is 11.3 Å². The maximum absolute atomic E-state index is 14.8. The quantitative estimate of drug-likeness (QED) is 0.403. The minimum absolute atomic E-state index is 0.0981. The van der Waals surface area contributed by atoms with Crippen LogP contribution in [0.1, 0.15) is 64.0 Å². The van der Waals surface area contributed by atoms with Crippen LogP contribution in [0.25, 0.3) is 0 Å². The number of benzene rings is 1. The molecule has 0 spiro atoms. The van der Waals surface area contributed by atoms with Crippen molar-refractivity contribution in [2.24, 2.45) is 11.8 Å². The fraction of sp³-hybridized carbons (Fsp3) is 0.577. The molecule has 1 aromatic carbocycles. The van der Waals surface area contributed by atoms with Gasteiger partial charge >= 0.3 is 0 Å². The Kier molecular flexibility index (Phi) is 8.69. The molecule has 2 aromatic rings. The second-order valence-electron chi connectivity index (χ2n) is 9.02. The number of carbonyl (C=O) groups excluding carboxylic acids is 1. The monoisotopic (exact) mass is 462 g/mol. The lowest BCUT2D eigenvalue weighted by Crippen LogP contribution is -2.40. The van der Waals surface area contributed by atoms with Crippen molar-refractivity contribution in [1.29, 1.82) is 0 Å². The Morgan fingerprint density at radius 3 is 2.62 bits per heavy atom. The molecule has 32 heavy (non-hydrogen) atoms. The summed E-state index contributed by atoms with van der Waals surface area (Å²) in [5, 5.41) is 3.24. The first kappa shape index (κ1) is 24.7. The summed E-state index contributed by atoms with van der Waals surface area (Å²) in [6, 6.07) is 5.89. The second kappa shape index (κ2) is 11.3. The van der Waals surface area contributed by atoms with Gasteiger partial charge in [-0.25, -0.2) is 8.78 Å². The van der Waals surface area contributed by atoms with E-state index in [0.717, 1.165) is 43.3 Å². The number of rotatable bonds is 10. The van der Waals surface area contributed by atoms with Gasteiger partial charge in [0, 0.05) is 38.2 Å². The van der Waals surface area contributed by atoms with E-state index in [0.29, 0.717) is 31.1 Å². The molecule has 1 aromatic heterocycles. The Labute approximate surface area is 195 Å². The molecular weight excluding hydrogens is 426 g/mol. The zero-order chi connectivity index (χ0) is 23.3. The average Bonchev–Trinajstić information content (AvgIpc) is 3.42. The number of thiophene rings is 1. The van der Waals surface area contributed by atoms with Crippen LogP contribution in [-0.2, 0) is 11.2 Å². The molecule has 176 valence electrons. The van der Waals surface area contributed by atoms with E-state index in [1.54, 1.807) is 11.3 Å². The molecule has 1 aliphatic heterocycles. The number of nitrogens with zero attached hydrogens (tertiary/aromatic N) is 2. The third-order valence-electron chi connectivity index (χ3n) is 6.78. The fourth-order valence-electron chi connectivity index (χ4n) is 4.63. The number of hydrogen-bond donors (Lipinski definition) is 0. The van der Waals surface area contributed by atoms with Crippen LogP contribution in [0.5, 0.6) is 0 Å². The lowest BCUT2D eigenvalue weighted by Gasteiger charge is -2.29.